The van der Waals surface area contributed by atoms with Crippen molar-refractivity contribution in [2.45, 2.75) is 69.0 Å². The second-order valence-electron chi connectivity index (χ2n) is 10.1. The van der Waals surface area contributed by atoms with Gasteiger partial charge in [-0.1, -0.05) is 29.8 Å². The van der Waals surface area contributed by atoms with Gasteiger partial charge in [0.25, 0.3) is 10.1 Å². The number of nitrogens with zero attached hydrogens (tertiary/aromatic N) is 1. The number of sulfone groups is 1. The van der Waals surface area contributed by atoms with Gasteiger partial charge in [-0.3, -0.25) is 4.55 Å². The van der Waals surface area contributed by atoms with Gasteiger partial charge >= 0.3 is 6.09 Å². The molecule has 1 saturated heterocycles. The minimum Gasteiger partial charge on any atom is -0.444 e. The van der Waals surface area contributed by atoms with Crippen LogP contribution in [-0.4, -0.2) is 61.9 Å². The van der Waals surface area contributed by atoms with Crippen molar-refractivity contribution < 1.29 is 36.0 Å². The highest BCUT2D eigenvalue weighted by Gasteiger charge is 2.27. The van der Waals surface area contributed by atoms with Crippen LogP contribution in [0.3, 0.4) is 0 Å². The van der Waals surface area contributed by atoms with Gasteiger partial charge in [0, 0.05) is 13.1 Å². The molecule has 0 aliphatic carbocycles. The highest BCUT2D eigenvalue weighted by Crippen LogP contribution is 2.24. The molecule has 0 bridgehead atoms. The number of amides is 1. The van der Waals surface area contributed by atoms with Crippen LogP contribution in [0.15, 0.2) is 58.3 Å². The van der Waals surface area contributed by atoms with Crippen LogP contribution in [0, 0.1) is 12.8 Å². The summed E-state index contributed by atoms with van der Waals surface area (Å²) in [6, 6.07) is 12.3. The van der Waals surface area contributed by atoms with Crippen LogP contribution < -0.4 is 0 Å². The molecule has 1 aliphatic heterocycles. The Morgan fingerprint density at radius 1 is 0.946 bits per heavy atom. The van der Waals surface area contributed by atoms with Crippen LogP contribution in [0.4, 0.5) is 4.79 Å². The Morgan fingerprint density at radius 3 is 1.92 bits per heavy atom. The summed E-state index contributed by atoms with van der Waals surface area (Å²) in [4.78, 5) is 14.0. The first-order valence-electron chi connectivity index (χ1n) is 12.1. The largest absolute Gasteiger partial charge is 0.444 e. The third-order valence-electron chi connectivity index (χ3n) is 5.84. The standard InChI is InChI=1S/C19H29NO5S.C7H8O3S/c1-19(2,3)25-18(22)20-11-8-15(9-12-20)10-13-26(23,24)17-6-4-16(14-21)5-7-17;1-6-2-4-7(5-3-6)11(8,9)10/h4-7,15,21H,8-14H2,1-3H3;2-5H,1H3,(H,8,9,10). The lowest BCUT2D eigenvalue weighted by Gasteiger charge is -2.33. The maximum Gasteiger partial charge on any atom is 0.410 e. The first kappa shape index (κ1) is 30.8. The molecular weight excluding hydrogens is 518 g/mol. The van der Waals surface area contributed by atoms with E-state index in [2.05, 4.69) is 0 Å². The minimum atomic E-state index is -4.02. The van der Waals surface area contributed by atoms with Crippen molar-refractivity contribution in [3.05, 3.63) is 59.7 Å². The number of aliphatic hydroxyl groups is 1. The predicted molar refractivity (Wildman–Crippen MR) is 141 cm³/mol. The van der Waals surface area contributed by atoms with Crippen LogP contribution >= 0.6 is 0 Å². The Kier molecular flexibility index (Phi) is 10.7. The van der Waals surface area contributed by atoms with Gasteiger partial charge in [0.15, 0.2) is 9.84 Å². The summed E-state index contributed by atoms with van der Waals surface area (Å²) in [5, 5.41) is 9.04. The Labute approximate surface area is 220 Å². The summed E-state index contributed by atoms with van der Waals surface area (Å²) in [6.45, 7) is 8.47. The van der Waals surface area contributed by atoms with Crippen molar-refractivity contribution in [2.75, 3.05) is 18.8 Å². The zero-order valence-corrected chi connectivity index (χ0v) is 23.4. The molecule has 1 aliphatic rings. The topological polar surface area (TPSA) is 138 Å². The molecule has 0 atom stereocenters. The number of hydrogen-bond acceptors (Lipinski definition) is 7. The number of piperidine rings is 1. The van der Waals surface area contributed by atoms with Gasteiger partial charge in [0.1, 0.15) is 5.60 Å². The van der Waals surface area contributed by atoms with E-state index in [9.17, 15) is 21.6 Å². The van der Waals surface area contributed by atoms with Crippen molar-refractivity contribution in [3.63, 3.8) is 0 Å². The molecule has 0 spiro atoms. The lowest BCUT2D eigenvalue weighted by molar-refractivity contribution is 0.0183. The average molecular weight is 556 g/mol. The van der Waals surface area contributed by atoms with Crippen molar-refractivity contribution in [1.29, 1.82) is 0 Å². The quantitative estimate of drug-likeness (QED) is 0.505. The molecule has 11 heteroatoms. The number of hydrogen-bond donors (Lipinski definition) is 2. The van der Waals surface area contributed by atoms with E-state index in [1.807, 2.05) is 27.7 Å². The molecule has 0 saturated carbocycles. The minimum absolute atomic E-state index is 0.0666. The van der Waals surface area contributed by atoms with E-state index >= 15 is 0 Å². The molecule has 0 aromatic heterocycles. The summed E-state index contributed by atoms with van der Waals surface area (Å²) in [6.07, 6.45) is 1.87. The van der Waals surface area contributed by atoms with E-state index in [1.54, 1.807) is 41.3 Å². The first-order valence-corrected chi connectivity index (χ1v) is 15.1. The smallest absolute Gasteiger partial charge is 0.410 e. The van der Waals surface area contributed by atoms with E-state index in [1.165, 1.54) is 12.1 Å². The number of carbonyl (C=O) groups excluding carboxylic acids is 1. The van der Waals surface area contributed by atoms with Gasteiger partial charge in [-0.05, 0) is 82.7 Å². The Balaban J connectivity index is 0.000000364. The molecule has 206 valence electrons. The van der Waals surface area contributed by atoms with Crippen LogP contribution in [0.25, 0.3) is 0 Å². The molecule has 9 nitrogen and oxygen atoms in total. The van der Waals surface area contributed by atoms with Gasteiger partial charge in [-0.2, -0.15) is 8.42 Å². The summed E-state index contributed by atoms with van der Waals surface area (Å²) < 4.78 is 59.8. The van der Waals surface area contributed by atoms with Gasteiger partial charge in [0.2, 0.25) is 0 Å². The number of carbonyl (C=O) groups is 1. The second-order valence-corrected chi connectivity index (χ2v) is 13.6. The number of rotatable bonds is 6. The number of aliphatic hydroxyl groups excluding tert-OH is 1. The summed E-state index contributed by atoms with van der Waals surface area (Å²) >= 11 is 0. The fraction of sp³-hybridized carbons (Fsp3) is 0.500. The molecule has 2 aromatic carbocycles. The fourth-order valence-electron chi connectivity index (χ4n) is 3.68. The van der Waals surface area contributed by atoms with Gasteiger partial charge < -0.3 is 14.7 Å². The SMILES string of the molecule is CC(C)(C)OC(=O)N1CCC(CCS(=O)(=O)c2ccc(CO)cc2)CC1.Cc1ccc(S(=O)(=O)O)cc1. The molecule has 2 N–H and O–H groups in total. The Hall–Kier alpha value is -2.47. The molecule has 1 fully saturated rings. The van der Waals surface area contributed by atoms with E-state index in [0.29, 0.717) is 35.9 Å². The van der Waals surface area contributed by atoms with Crippen molar-refractivity contribution in [2.24, 2.45) is 5.92 Å². The van der Waals surface area contributed by atoms with Gasteiger partial charge in [-0.15, -0.1) is 0 Å². The normalized spacial score (nSPS) is 15.0. The van der Waals surface area contributed by atoms with E-state index in [0.717, 1.165) is 18.4 Å². The molecular formula is C26H37NO8S2. The third kappa shape index (κ3) is 10.4. The monoisotopic (exact) mass is 555 g/mol. The molecule has 37 heavy (non-hydrogen) atoms. The third-order valence-corrected chi connectivity index (χ3v) is 8.48. The van der Waals surface area contributed by atoms with Gasteiger partial charge in [-0.25, -0.2) is 13.2 Å². The predicted octanol–water partition coefficient (Wildman–Crippen LogP) is 4.23. The molecule has 2 aromatic rings. The number of likely N-dealkylation sites (tertiary alicyclic amines) is 1. The molecule has 1 amide bonds. The number of aryl methyl sites for hydroxylation is 1. The van der Waals surface area contributed by atoms with Gasteiger partial charge in [0.05, 0.1) is 22.2 Å². The summed E-state index contributed by atoms with van der Waals surface area (Å²) in [5.41, 5.74) is 1.14. The lowest BCUT2D eigenvalue weighted by Crippen LogP contribution is -2.41. The lowest BCUT2D eigenvalue weighted by atomic mass is 9.95. The van der Waals surface area contributed by atoms with Crippen LogP contribution in [0.1, 0.15) is 51.2 Å². The fourth-order valence-corrected chi connectivity index (χ4v) is 5.59. The van der Waals surface area contributed by atoms with E-state index in [4.69, 9.17) is 14.4 Å². The van der Waals surface area contributed by atoms with E-state index < -0.39 is 25.6 Å². The van der Waals surface area contributed by atoms with Crippen LogP contribution in [-0.2, 0) is 31.3 Å². The van der Waals surface area contributed by atoms with Crippen molar-refractivity contribution >= 4 is 26.0 Å². The van der Waals surface area contributed by atoms with Crippen LogP contribution in [0.5, 0.6) is 0 Å². The maximum absolute atomic E-state index is 12.5. The van der Waals surface area contributed by atoms with Crippen molar-refractivity contribution in [3.8, 4) is 0 Å². The average Bonchev–Trinajstić information content (AvgIpc) is 2.82. The molecule has 3 rings (SSSR count). The summed E-state index contributed by atoms with van der Waals surface area (Å²) in [5.74, 6) is 0.392. The van der Waals surface area contributed by atoms with E-state index in [-0.39, 0.29) is 23.3 Å². The first-order chi connectivity index (χ1) is 17.1. The zero-order chi connectivity index (χ0) is 27.9. The van der Waals surface area contributed by atoms with Crippen molar-refractivity contribution in [1.82, 2.24) is 4.90 Å². The molecule has 0 radical (unpaired) electrons. The Bertz CT molecular complexity index is 1220. The number of benzene rings is 2. The second kappa shape index (κ2) is 12.9. The molecule has 1 heterocycles. The highest BCUT2D eigenvalue weighted by atomic mass is 32.2. The molecule has 0 unspecified atom stereocenters. The highest BCUT2D eigenvalue weighted by molar-refractivity contribution is 7.91. The van der Waals surface area contributed by atoms with Crippen LogP contribution in [0.2, 0.25) is 0 Å². The zero-order valence-electron chi connectivity index (χ0n) is 21.8. The number of ether oxygens (including phenoxy) is 1. The summed E-state index contributed by atoms with van der Waals surface area (Å²) in [7, 11) is -7.34. The maximum atomic E-state index is 12.5. The Morgan fingerprint density at radius 2 is 1.46 bits per heavy atom.